The summed E-state index contributed by atoms with van der Waals surface area (Å²) in [6, 6.07) is 15.9. The summed E-state index contributed by atoms with van der Waals surface area (Å²) in [6.07, 6.45) is -0.477. The molecule has 2 aromatic carbocycles. The zero-order valence-corrected chi connectivity index (χ0v) is 11.9. The van der Waals surface area contributed by atoms with Crippen LogP contribution in [0.15, 0.2) is 54.6 Å². The number of hydrogen-bond acceptors (Lipinski definition) is 3. The lowest BCUT2D eigenvalue weighted by atomic mass is 10.1. The van der Waals surface area contributed by atoms with Crippen molar-refractivity contribution in [3.8, 4) is 5.75 Å². The molecule has 4 heteroatoms. The van der Waals surface area contributed by atoms with E-state index in [1.165, 1.54) is 6.07 Å². The lowest BCUT2D eigenvalue weighted by Gasteiger charge is -2.11. The Hall–Kier alpha value is -1.52. The van der Waals surface area contributed by atoms with Crippen LogP contribution in [0.4, 0.5) is 4.39 Å². The first-order valence-corrected chi connectivity index (χ1v) is 7.61. The third-order valence-electron chi connectivity index (χ3n) is 2.78. The van der Waals surface area contributed by atoms with E-state index in [-0.39, 0.29) is 11.6 Å². The predicted octanol–water partition coefficient (Wildman–Crippen LogP) is 3.67. The van der Waals surface area contributed by atoms with Crippen molar-refractivity contribution in [1.29, 1.82) is 0 Å². The molecule has 1 unspecified atom stereocenters. The largest absolute Gasteiger partial charge is 0.490 e. The zero-order valence-electron chi connectivity index (χ0n) is 11.0. The normalized spacial score (nSPS) is 12.1. The molecule has 1 atom stereocenters. The summed E-state index contributed by atoms with van der Waals surface area (Å²) in [7, 11) is 0. The van der Waals surface area contributed by atoms with Crippen LogP contribution in [0.3, 0.4) is 0 Å². The number of hydrogen-bond donors (Lipinski definition) is 1. The van der Waals surface area contributed by atoms with Crippen molar-refractivity contribution < 1.29 is 14.2 Å². The molecule has 0 bridgehead atoms. The number of rotatable bonds is 7. The van der Waals surface area contributed by atoms with Gasteiger partial charge in [0.2, 0.25) is 0 Å². The highest BCUT2D eigenvalue weighted by atomic mass is 32.2. The molecule has 2 aromatic rings. The maximum atomic E-state index is 13.3. The van der Waals surface area contributed by atoms with E-state index in [1.54, 1.807) is 30.0 Å². The first-order valence-electron chi connectivity index (χ1n) is 6.45. The van der Waals surface area contributed by atoms with Crippen molar-refractivity contribution in [2.75, 3.05) is 18.1 Å². The first-order chi connectivity index (χ1) is 9.77. The van der Waals surface area contributed by atoms with Crippen LogP contribution in [0.2, 0.25) is 0 Å². The second-order valence-corrected chi connectivity index (χ2v) is 5.43. The highest BCUT2D eigenvalue weighted by molar-refractivity contribution is 7.99. The van der Waals surface area contributed by atoms with E-state index in [0.29, 0.717) is 18.1 Å². The Kier molecular flexibility index (Phi) is 5.89. The monoisotopic (exact) mass is 292 g/mol. The number of halogens is 1. The Bertz CT molecular complexity index is 519. The van der Waals surface area contributed by atoms with Crippen LogP contribution < -0.4 is 4.74 Å². The average Bonchev–Trinajstić information content (AvgIpc) is 2.49. The number of thioether (sulfide) groups is 1. The molecule has 2 rings (SSSR count). The van der Waals surface area contributed by atoms with Gasteiger partial charge in [0.1, 0.15) is 0 Å². The molecule has 0 aliphatic carbocycles. The van der Waals surface area contributed by atoms with E-state index < -0.39 is 6.10 Å². The molecule has 0 amide bonds. The van der Waals surface area contributed by atoms with Crippen molar-refractivity contribution >= 4 is 11.8 Å². The molecule has 0 saturated carbocycles. The molecule has 2 nitrogen and oxygen atoms in total. The van der Waals surface area contributed by atoms with Crippen molar-refractivity contribution in [3.05, 3.63) is 66.0 Å². The SMILES string of the molecule is OC(CSCCOc1ccccc1F)c1ccccc1. The number of aliphatic hydroxyl groups excluding tert-OH is 1. The summed E-state index contributed by atoms with van der Waals surface area (Å²) in [5.74, 6) is 1.24. The molecule has 0 aromatic heterocycles. The fraction of sp³-hybridized carbons (Fsp3) is 0.250. The van der Waals surface area contributed by atoms with Gasteiger partial charge in [-0.2, -0.15) is 11.8 Å². The van der Waals surface area contributed by atoms with Gasteiger partial charge in [-0.15, -0.1) is 0 Å². The van der Waals surface area contributed by atoms with Crippen LogP contribution >= 0.6 is 11.8 Å². The minimum absolute atomic E-state index is 0.275. The fourth-order valence-electron chi connectivity index (χ4n) is 1.74. The standard InChI is InChI=1S/C16H17FO2S/c17-14-8-4-5-9-16(14)19-10-11-20-12-15(18)13-6-2-1-3-7-13/h1-9,15,18H,10-12H2. The van der Waals surface area contributed by atoms with Crippen LogP contribution in [0.1, 0.15) is 11.7 Å². The Morgan fingerprint density at radius 3 is 2.50 bits per heavy atom. The number of benzene rings is 2. The molecule has 0 heterocycles. The molecule has 1 N–H and O–H groups in total. The van der Waals surface area contributed by atoms with E-state index >= 15 is 0 Å². The number of ether oxygens (including phenoxy) is 1. The fourth-order valence-corrected chi connectivity index (χ4v) is 2.52. The van der Waals surface area contributed by atoms with Crippen molar-refractivity contribution in [3.63, 3.8) is 0 Å². The number of aliphatic hydroxyl groups is 1. The van der Waals surface area contributed by atoms with Gasteiger partial charge in [-0.1, -0.05) is 42.5 Å². The molecule has 0 saturated heterocycles. The van der Waals surface area contributed by atoms with Gasteiger partial charge in [-0.05, 0) is 17.7 Å². The molecular formula is C16H17FO2S. The van der Waals surface area contributed by atoms with Crippen molar-refractivity contribution in [1.82, 2.24) is 0 Å². The Balaban J connectivity index is 1.66. The van der Waals surface area contributed by atoms with Crippen molar-refractivity contribution in [2.24, 2.45) is 0 Å². The van der Waals surface area contributed by atoms with E-state index in [1.807, 2.05) is 30.3 Å². The lowest BCUT2D eigenvalue weighted by molar-refractivity contribution is 0.204. The molecule has 20 heavy (non-hydrogen) atoms. The number of para-hydroxylation sites is 1. The van der Waals surface area contributed by atoms with Gasteiger partial charge >= 0.3 is 0 Å². The molecule has 0 spiro atoms. The van der Waals surface area contributed by atoms with Gasteiger partial charge in [0, 0.05) is 11.5 Å². The van der Waals surface area contributed by atoms with E-state index in [0.717, 1.165) is 5.56 Å². The molecule has 0 radical (unpaired) electrons. The highest BCUT2D eigenvalue weighted by Crippen LogP contribution is 2.19. The maximum absolute atomic E-state index is 13.3. The minimum Gasteiger partial charge on any atom is -0.490 e. The average molecular weight is 292 g/mol. The summed E-state index contributed by atoms with van der Waals surface area (Å²) >= 11 is 1.58. The van der Waals surface area contributed by atoms with Crippen LogP contribution in [-0.2, 0) is 0 Å². The van der Waals surface area contributed by atoms with Crippen LogP contribution in [0.25, 0.3) is 0 Å². The van der Waals surface area contributed by atoms with Crippen LogP contribution in [0, 0.1) is 5.82 Å². The molecule has 0 fully saturated rings. The second kappa shape index (κ2) is 7.92. The Labute approximate surface area is 122 Å². The van der Waals surface area contributed by atoms with E-state index in [9.17, 15) is 9.50 Å². The van der Waals surface area contributed by atoms with Crippen LogP contribution in [-0.4, -0.2) is 23.2 Å². The summed E-state index contributed by atoms with van der Waals surface area (Å²) < 4.78 is 18.6. The van der Waals surface area contributed by atoms with Gasteiger partial charge in [0.15, 0.2) is 11.6 Å². The van der Waals surface area contributed by atoms with Gasteiger partial charge < -0.3 is 9.84 Å². The molecular weight excluding hydrogens is 275 g/mol. The summed E-state index contributed by atoms with van der Waals surface area (Å²) in [5.41, 5.74) is 0.912. The maximum Gasteiger partial charge on any atom is 0.165 e. The Morgan fingerprint density at radius 1 is 1.05 bits per heavy atom. The topological polar surface area (TPSA) is 29.5 Å². The summed E-state index contributed by atoms with van der Waals surface area (Å²) in [4.78, 5) is 0. The third kappa shape index (κ3) is 4.54. The smallest absolute Gasteiger partial charge is 0.165 e. The third-order valence-corrected chi connectivity index (χ3v) is 3.79. The van der Waals surface area contributed by atoms with Gasteiger partial charge in [0.25, 0.3) is 0 Å². The molecule has 0 aliphatic heterocycles. The van der Waals surface area contributed by atoms with Crippen molar-refractivity contribution in [2.45, 2.75) is 6.10 Å². The first kappa shape index (κ1) is 14.9. The van der Waals surface area contributed by atoms with Gasteiger partial charge in [-0.3, -0.25) is 0 Å². The molecule has 106 valence electrons. The van der Waals surface area contributed by atoms with E-state index in [4.69, 9.17) is 4.74 Å². The van der Waals surface area contributed by atoms with E-state index in [2.05, 4.69) is 0 Å². The van der Waals surface area contributed by atoms with Gasteiger partial charge in [0.05, 0.1) is 12.7 Å². The summed E-state index contributed by atoms with van der Waals surface area (Å²) in [5, 5.41) is 9.96. The molecule has 0 aliphatic rings. The quantitative estimate of drug-likeness (QED) is 0.790. The predicted molar refractivity (Wildman–Crippen MR) is 80.6 cm³/mol. The second-order valence-electron chi connectivity index (χ2n) is 4.28. The highest BCUT2D eigenvalue weighted by Gasteiger charge is 2.07. The zero-order chi connectivity index (χ0) is 14.2. The lowest BCUT2D eigenvalue weighted by Crippen LogP contribution is -2.05. The summed E-state index contributed by atoms with van der Waals surface area (Å²) in [6.45, 7) is 0.424. The van der Waals surface area contributed by atoms with Gasteiger partial charge in [-0.25, -0.2) is 4.39 Å². The van der Waals surface area contributed by atoms with Crippen LogP contribution in [0.5, 0.6) is 5.75 Å². The minimum atomic E-state index is -0.477. The Morgan fingerprint density at radius 2 is 1.75 bits per heavy atom.